The molecule has 0 aliphatic heterocycles. The van der Waals surface area contributed by atoms with Crippen LogP contribution in [0.5, 0.6) is 5.75 Å². The van der Waals surface area contributed by atoms with Crippen LogP contribution in [0.15, 0.2) is 33.7 Å². The Bertz CT molecular complexity index is 841. The molecular weight excluding hydrogens is 346 g/mol. The van der Waals surface area contributed by atoms with Crippen LogP contribution in [-0.4, -0.2) is 44.0 Å². The minimum absolute atomic E-state index is 0.00327. The molecule has 9 heteroatoms. The van der Waals surface area contributed by atoms with Gasteiger partial charge in [-0.2, -0.15) is 4.31 Å². The van der Waals surface area contributed by atoms with Gasteiger partial charge in [0, 0.05) is 18.3 Å². The van der Waals surface area contributed by atoms with Gasteiger partial charge in [-0.25, -0.2) is 8.42 Å². The number of methoxy groups -OCH3 is 1. The second kappa shape index (κ2) is 7.66. The van der Waals surface area contributed by atoms with Gasteiger partial charge in [-0.15, -0.1) is 0 Å². The van der Waals surface area contributed by atoms with Gasteiger partial charge >= 0.3 is 0 Å². The maximum absolute atomic E-state index is 12.8. The molecular formula is C16H21N3O5S. The summed E-state index contributed by atoms with van der Waals surface area (Å²) in [5, 5.41) is 6.33. The second-order valence-corrected chi connectivity index (χ2v) is 7.24. The Kier molecular flexibility index (Phi) is 5.81. The number of aromatic nitrogens is 1. The highest BCUT2D eigenvalue weighted by Gasteiger charge is 2.31. The molecule has 0 spiro atoms. The molecule has 2 rings (SSSR count). The molecule has 0 saturated carbocycles. The van der Waals surface area contributed by atoms with Crippen molar-refractivity contribution in [1.82, 2.24) is 9.46 Å². The molecule has 0 bridgehead atoms. The van der Waals surface area contributed by atoms with Crippen molar-refractivity contribution in [3.8, 4) is 5.75 Å². The van der Waals surface area contributed by atoms with E-state index in [9.17, 15) is 13.2 Å². The molecule has 1 heterocycles. The van der Waals surface area contributed by atoms with Crippen LogP contribution < -0.4 is 10.1 Å². The highest BCUT2D eigenvalue weighted by Crippen LogP contribution is 2.23. The van der Waals surface area contributed by atoms with Gasteiger partial charge in [0.2, 0.25) is 15.9 Å². The number of rotatable bonds is 7. The summed E-state index contributed by atoms with van der Waals surface area (Å²) in [7, 11) is -2.35. The summed E-state index contributed by atoms with van der Waals surface area (Å²) in [5.41, 5.74) is 0.791. The van der Waals surface area contributed by atoms with E-state index in [0.29, 0.717) is 11.4 Å². The molecule has 0 aliphatic carbocycles. The lowest BCUT2D eigenvalue weighted by atomic mass is 10.3. The number of amides is 1. The second-order valence-electron chi connectivity index (χ2n) is 5.36. The summed E-state index contributed by atoms with van der Waals surface area (Å²) < 4.78 is 36.7. The van der Waals surface area contributed by atoms with E-state index in [1.165, 1.54) is 14.0 Å². The maximum atomic E-state index is 12.8. The van der Waals surface area contributed by atoms with Crippen molar-refractivity contribution in [2.24, 2.45) is 0 Å². The van der Waals surface area contributed by atoms with Crippen molar-refractivity contribution in [3.05, 3.63) is 35.7 Å². The number of sulfonamides is 1. The molecule has 0 unspecified atom stereocenters. The van der Waals surface area contributed by atoms with Crippen molar-refractivity contribution < 1.29 is 22.5 Å². The summed E-state index contributed by atoms with van der Waals surface area (Å²) in [6.07, 6.45) is 0. The minimum Gasteiger partial charge on any atom is -0.497 e. The molecule has 1 aromatic carbocycles. The largest absolute Gasteiger partial charge is 0.497 e. The lowest BCUT2D eigenvalue weighted by Gasteiger charge is -2.19. The average molecular weight is 367 g/mol. The zero-order valence-electron chi connectivity index (χ0n) is 14.6. The standard InChI is InChI=1S/C16H21N3O5S/c1-5-19(25(21,22)16-11(2)18-24-12(16)3)10-15(20)17-13-7-6-8-14(9-13)23-4/h6-9H,5,10H2,1-4H3,(H,17,20). The first-order valence-corrected chi connectivity index (χ1v) is 9.10. The fourth-order valence-corrected chi connectivity index (χ4v) is 4.10. The van der Waals surface area contributed by atoms with Crippen molar-refractivity contribution >= 4 is 21.6 Å². The highest BCUT2D eigenvalue weighted by molar-refractivity contribution is 7.89. The first kappa shape index (κ1) is 18.9. The number of hydrogen-bond acceptors (Lipinski definition) is 6. The van der Waals surface area contributed by atoms with Crippen LogP contribution in [0.3, 0.4) is 0 Å². The number of benzene rings is 1. The van der Waals surface area contributed by atoms with Crippen LogP contribution in [0.2, 0.25) is 0 Å². The SMILES string of the molecule is CCN(CC(=O)Nc1cccc(OC)c1)S(=O)(=O)c1c(C)noc1C. The van der Waals surface area contributed by atoms with Gasteiger partial charge in [0.15, 0.2) is 5.76 Å². The monoisotopic (exact) mass is 367 g/mol. The summed E-state index contributed by atoms with van der Waals surface area (Å²) in [5.74, 6) is 0.336. The number of ether oxygens (including phenoxy) is 1. The number of likely N-dealkylation sites (N-methyl/N-ethyl adjacent to an activating group) is 1. The smallest absolute Gasteiger partial charge is 0.248 e. The summed E-state index contributed by atoms with van der Waals surface area (Å²) in [6.45, 7) is 4.55. The molecule has 0 radical (unpaired) electrons. The van der Waals surface area contributed by atoms with Crippen LogP contribution in [0.25, 0.3) is 0 Å². The lowest BCUT2D eigenvalue weighted by molar-refractivity contribution is -0.116. The quantitative estimate of drug-likeness (QED) is 0.802. The van der Waals surface area contributed by atoms with Gasteiger partial charge in [0.05, 0.1) is 13.7 Å². The van der Waals surface area contributed by atoms with Gasteiger partial charge in [-0.3, -0.25) is 4.79 Å². The van der Waals surface area contributed by atoms with Crippen molar-refractivity contribution in [2.75, 3.05) is 25.5 Å². The number of carbonyl (C=O) groups is 1. The van der Waals surface area contributed by atoms with Crippen LogP contribution in [0, 0.1) is 13.8 Å². The van der Waals surface area contributed by atoms with E-state index in [1.807, 2.05) is 0 Å². The van der Waals surface area contributed by atoms with Crippen molar-refractivity contribution in [3.63, 3.8) is 0 Å². The lowest BCUT2D eigenvalue weighted by Crippen LogP contribution is -2.38. The van der Waals surface area contributed by atoms with Crippen LogP contribution in [0.1, 0.15) is 18.4 Å². The highest BCUT2D eigenvalue weighted by atomic mass is 32.2. The number of hydrogen-bond donors (Lipinski definition) is 1. The van der Waals surface area contributed by atoms with Crippen LogP contribution in [-0.2, 0) is 14.8 Å². The first-order valence-electron chi connectivity index (χ1n) is 7.66. The fraction of sp³-hybridized carbons (Fsp3) is 0.375. The van der Waals surface area contributed by atoms with E-state index in [0.717, 1.165) is 4.31 Å². The molecule has 1 amide bonds. The molecule has 0 saturated heterocycles. The number of nitrogens with one attached hydrogen (secondary N) is 1. The van der Waals surface area contributed by atoms with E-state index >= 15 is 0 Å². The third kappa shape index (κ3) is 4.18. The van der Waals surface area contributed by atoms with Gasteiger partial charge in [-0.1, -0.05) is 18.1 Å². The number of aryl methyl sites for hydroxylation is 2. The summed E-state index contributed by atoms with van der Waals surface area (Å²) in [4.78, 5) is 12.3. The Morgan fingerprint density at radius 3 is 2.64 bits per heavy atom. The molecule has 136 valence electrons. The molecule has 2 aromatic rings. The van der Waals surface area contributed by atoms with E-state index in [4.69, 9.17) is 9.26 Å². The third-order valence-electron chi connectivity index (χ3n) is 3.59. The maximum Gasteiger partial charge on any atom is 0.248 e. The Labute approximate surface area is 146 Å². The van der Waals surface area contributed by atoms with Crippen molar-refractivity contribution in [2.45, 2.75) is 25.7 Å². The zero-order valence-corrected chi connectivity index (χ0v) is 15.4. The average Bonchev–Trinajstić information content (AvgIpc) is 2.91. The Morgan fingerprint density at radius 1 is 1.36 bits per heavy atom. The van der Waals surface area contributed by atoms with Gasteiger partial charge < -0.3 is 14.6 Å². The zero-order chi connectivity index (χ0) is 18.6. The molecule has 1 aromatic heterocycles. The molecule has 1 N–H and O–H groups in total. The van der Waals surface area contributed by atoms with Gasteiger partial charge in [0.1, 0.15) is 16.3 Å². The summed E-state index contributed by atoms with van der Waals surface area (Å²) in [6, 6.07) is 6.82. The van der Waals surface area contributed by atoms with E-state index in [-0.39, 0.29) is 29.4 Å². The molecule has 0 atom stereocenters. The normalized spacial score (nSPS) is 11.6. The van der Waals surface area contributed by atoms with Gasteiger partial charge in [-0.05, 0) is 26.0 Å². The molecule has 0 aliphatic rings. The number of carbonyl (C=O) groups excluding carboxylic acids is 1. The topological polar surface area (TPSA) is 102 Å². The fourth-order valence-electron chi connectivity index (χ4n) is 2.40. The molecule has 0 fully saturated rings. The Hall–Kier alpha value is -2.39. The van der Waals surface area contributed by atoms with E-state index in [1.54, 1.807) is 38.1 Å². The third-order valence-corrected chi connectivity index (χ3v) is 5.76. The van der Waals surface area contributed by atoms with Gasteiger partial charge in [0.25, 0.3) is 0 Å². The first-order chi connectivity index (χ1) is 11.8. The molecule has 25 heavy (non-hydrogen) atoms. The summed E-state index contributed by atoms with van der Waals surface area (Å²) >= 11 is 0. The van der Waals surface area contributed by atoms with E-state index < -0.39 is 15.9 Å². The number of anilines is 1. The Balaban J connectivity index is 2.17. The van der Waals surface area contributed by atoms with Crippen LogP contribution >= 0.6 is 0 Å². The predicted molar refractivity (Wildman–Crippen MR) is 92.0 cm³/mol. The van der Waals surface area contributed by atoms with Crippen LogP contribution in [0.4, 0.5) is 5.69 Å². The number of nitrogens with zero attached hydrogens (tertiary/aromatic N) is 2. The Morgan fingerprint density at radius 2 is 2.08 bits per heavy atom. The van der Waals surface area contributed by atoms with Crippen molar-refractivity contribution in [1.29, 1.82) is 0 Å². The molecule has 8 nitrogen and oxygen atoms in total. The van der Waals surface area contributed by atoms with E-state index in [2.05, 4.69) is 10.5 Å². The predicted octanol–water partition coefficient (Wildman–Crippen LogP) is 1.95. The minimum atomic E-state index is -3.88.